The van der Waals surface area contributed by atoms with E-state index in [1.165, 1.54) is 51.4 Å². The molecule has 0 saturated heterocycles. The second kappa shape index (κ2) is 9.09. The molecule has 0 unspecified atom stereocenters. The van der Waals surface area contributed by atoms with Gasteiger partial charge < -0.3 is 0 Å². The van der Waals surface area contributed by atoms with E-state index in [2.05, 4.69) is 20.8 Å². The molecule has 0 fully saturated rings. The summed E-state index contributed by atoms with van der Waals surface area (Å²) in [6, 6.07) is 0. The zero-order valence-corrected chi connectivity index (χ0v) is 9.23. The molecule has 1 atom stereocenters. The number of hydrogen-bond acceptors (Lipinski definition) is 0. The van der Waals surface area contributed by atoms with Gasteiger partial charge in [0.25, 0.3) is 0 Å². The van der Waals surface area contributed by atoms with Crippen LogP contribution < -0.4 is 0 Å². The molecule has 0 spiro atoms. The number of rotatable bonds is 8. The summed E-state index contributed by atoms with van der Waals surface area (Å²) >= 11 is 0. The van der Waals surface area contributed by atoms with Crippen molar-refractivity contribution in [3.8, 4) is 0 Å². The Morgan fingerprint density at radius 1 is 0.833 bits per heavy atom. The molecule has 0 aliphatic carbocycles. The zero-order valence-electron chi connectivity index (χ0n) is 9.23. The molecule has 0 aliphatic rings. The fourth-order valence-corrected chi connectivity index (χ4v) is 1.48. The monoisotopic (exact) mass is 170 g/mol. The smallest absolute Gasteiger partial charge is 0.0445 e. The van der Waals surface area contributed by atoms with Crippen molar-refractivity contribution in [2.24, 2.45) is 5.92 Å². The van der Waals surface area contributed by atoms with Crippen molar-refractivity contribution in [1.82, 2.24) is 0 Å². The molecule has 0 amide bonds. The first kappa shape index (κ1) is 12.0. The first-order chi connectivity index (χ1) is 5.81. The quantitative estimate of drug-likeness (QED) is 0.460. The Morgan fingerprint density at radius 2 is 1.42 bits per heavy atom. The molecule has 0 heteroatoms. The van der Waals surface area contributed by atoms with E-state index in [0.29, 0.717) is 0 Å². The Bertz CT molecular complexity index is 76.1. The van der Waals surface area contributed by atoms with Crippen molar-refractivity contribution in [3.63, 3.8) is 0 Å². The molecule has 0 aliphatic heterocycles. The Balaban J connectivity index is 2.90. The third-order valence-corrected chi connectivity index (χ3v) is 2.75. The van der Waals surface area contributed by atoms with Crippen LogP contribution in [0.3, 0.4) is 0 Å². The van der Waals surface area contributed by atoms with Crippen molar-refractivity contribution in [2.45, 2.75) is 72.1 Å². The highest BCUT2D eigenvalue weighted by Gasteiger charge is 1.97. The lowest BCUT2D eigenvalue weighted by Crippen LogP contribution is -1.91. The predicted molar refractivity (Wildman–Crippen MR) is 57.4 cm³/mol. The summed E-state index contributed by atoms with van der Waals surface area (Å²) in [7, 11) is 0. The molecule has 0 heterocycles. The second-order valence-corrected chi connectivity index (χ2v) is 4.07. The first-order valence-electron chi connectivity index (χ1n) is 5.81. The summed E-state index contributed by atoms with van der Waals surface area (Å²) in [5.74, 6) is 0.955. The van der Waals surface area contributed by atoms with Gasteiger partial charge in [-0.25, -0.2) is 0 Å². The van der Waals surface area contributed by atoms with Gasteiger partial charge in [-0.05, 0) is 5.92 Å². The molecular weight excluding hydrogens is 144 g/mol. The van der Waals surface area contributed by atoms with Gasteiger partial charge in [0.05, 0.1) is 0 Å². The van der Waals surface area contributed by atoms with Crippen LogP contribution in [0, 0.1) is 5.92 Å². The van der Waals surface area contributed by atoms with E-state index in [1.54, 1.807) is 0 Å². The van der Waals surface area contributed by atoms with E-state index in [1.807, 2.05) is 0 Å². The molecule has 12 heavy (non-hydrogen) atoms. The SMILES string of the molecule is CCCCCCCC[C@H](C)CC. The van der Waals surface area contributed by atoms with Crippen molar-refractivity contribution in [2.75, 3.05) is 0 Å². The lowest BCUT2D eigenvalue weighted by Gasteiger charge is -2.06. The topological polar surface area (TPSA) is 0 Å². The van der Waals surface area contributed by atoms with Gasteiger partial charge >= 0.3 is 0 Å². The van der Waals surface area contributed by atoms with Gasteiger partial charge in [0.1, 0.15) is 0 Å². The van der Waals surface area contributed by atoms with Crippen LogP contribution in [-0.2, 0) is 0 Å². The fourth-order valence-electron chi connectivity index (χ4n) is 1.48. The highest BCUT2D eigenvalue weighted by molar-refractivity contribution is 4.51. The van der Waals surface area contributed by atoms with Gasteiger partial charge in [-0.15, -0.1) is 0 Å². The largest absolute Gasteiger partial charge is 0.0654 e. The van der Waals surface area contributed by atoms with Crippen molar-refractivity contribution in [3.05, 3.63) is 0 Å². The standard InChI is InChI=1S/C12H26/c1-4-6-7-8-9-10-11-12(3)5-2/h12H,4-11H2,1-3H3/t12-/m1/s1. The lowest BCUT2D eigenvalue weighted by atomic mass is 10.00. The van der Waals surface area contributed by atoms with Gasteiger partial charge in [0.2, 0.25) is 0 Å². The van der Waals surface area contributed by atoms with Crippen molar-refractivity contribution in [1.29, 1.82) is 0 Å². The van der Waals surface area contributed by atoms with Crippen molar-refractivity contribution < 1.29 is 0 Å². The van der Waals surface area contributed by atoms with E-state index in [4.69, 9.17) is 0 Å². The Hall–Kier alpha value is 0. The average molecular weight is 170 g/mol. The van der Waals surface area contributed by atoms with Crippen LogP contribution >= 0.6 is 0 Å². The Kier molecular flexibility index (Phi) is 9.09. The van der Waals surface area contributed by atoms with Crippen LogP contribution in [0.25, 0.3) is 0 Å². The van der Waals surface area contributed by atoms with Crippen molar-refractivity contribution >= 4 is 0 Å². The molecule has 0 aromatic carbocycles. The minimum atomic E-state index is 0.955. The van der Waals surface area contributed by atoms with E-state index in [-0.39, 0.29) is 0 Å². The molecule has 0 nitrogen and oxygen atoms in total. The van der Waals surface area contributed by atoms with Gasteiger partial charge in [-0.1, -0.05) is 72.1 Å². The maximum Gasteiger partial charge on any atom is -0.0445 e. The summed E-state index contributed by atoms with van der Waals surface area (Å²) < 4.78 is 0. The van der Waals surface area contributed by atoms with Crippen LogP contribution in [0.15, 0.2) is 0 Å². The molecule has 0 radical (unpaired) electrons. The molecule has 0 rings (SSSR count). The Labute approximate surface area is 78.8 Å². The molecule has 0 N–H and O–H groups in total. The maximum atomic E-state index is 2.37. The van der Waals surface area contributed by atoms with Gasteiger partial charge in [0.15, 0.2) is 0 Å². The summed E-state index contributed by atoms with van der Waals surface area (Å²) in [6.45, 7) is 6.94. The van der Waals surface area contributed by atoms with Crippen LogP contribution in [0.1, 0.15) is 72.1 Å². The molecule has 0 bridgehead atoms. The third kappa shape index (κ3) is 8.10. The molecule has 0 saturated carbocycles. The van der Waals surface area contributed by atoms with Crippen LogP contribution in [-0.4, -0.2) is 0 Å². The highest BCUT2D eigenvalue weighted by atomic mass is 14.0. The summed E-state index contributed by atoms with van der Waals surface area (Å²) in [5.41, 5.74) is 0. The van der Waals surface area contributed by atoms with Gasteiger partial charge in [-0.2, -0.15) is 0 Å². The van der Waals surface area contributed by atoms with Crippen LogP contribution in [0.4, 0.5) is 0 Å². The first-order valence-corrected chi connectivity index (χ1v) is 5.81. The second-order valence-electron chi connectivity index (χ2n) is 4.07. The third-order valence-electron chi connectivity index (χ3n) is 2.75. The molecule has 0 aromatic heterocycles. The minimum Gasteiger partial charge on any atom is -0.0654 e. The molecule has 74 valence electrons. The maximum absolute atomic E-state index is 2.37. The van der Waals surface area contributed by atoms with E-state index >= 15 is 0 Å². The molecular formula is C12H26. The minimum absolute atomic E-state index is 0.955. The van der Waals surface area contributed by atoms with E-state index in [9.17, 15) is 0 Å². The zero-order chi connectivity index (χ0) is 9.23. The summed E-state index contributed by atoms with van der Waals surface area (Å²) in [6.07, 6.45) is 11.4. The lowest BCUT2D eigenvalue weighted by molar-refractivity contribution is 0.472. The summed E-state index contributed by atoms with van der Waals surface area (Å²) in [4.78, 5) is 0. The number of unbranched alkanes of at least 4 members (excludes halogenated alkanes) is 5. The van der Waals surface area contributed by atoms with E-state index in [0.717, 1.165) is 5.92 Å². The highest BCUT2D eigenvalue weighted by Crippen LogP contribution is 2.13. The average Bonchev–Trinajstić information content (AvgIpc) is 2.10. The fraction of sp³-hybridized carbons (Fsp3) is 1.00. The van der Waals surface area contributed by atoms with Crippen LogP contribution in [0.5, 0.6) is 0 Å². The predicted octanol–water partition coefficient (Wildman–Crippen LogP) is 4.78. The summed E-state index contributed by atoms with van der Waals surface area (Å²) in [5, 5.41) is 0. The molecule has 0 aromatic rings. The normalized spacial score (nSPS) is 13.2. The van der Waals surface area contributed by atoms with E-state index < -0.39 is 0 Å². The van der Waals surface area contributed by atoms with Gasteiger partial charge in [-0.3, -0.25) is 0 Å². The van der Waals surface area contributed by atoms with Gasteiger partial charge in [0, 0.05) is 0 Å². The number of hydrogen-bond donors (Lipinski definition) is 0. The van der Waals surface area contributed by atoms with Crippen LogP contribution in [0.2, 0.25) is 0 Å². The Morgan fingerprint density at radius 3 is 2.00 bits per heavy atom.